The SMILES string of the molecule is CO[C@@H]1CN(C(=O)NC[C@@H]2CCN(CC(F)(F)F)C2)CC[C@@H]1C. The van der Waals surface area contributed by atoms with Crippen molar-refractivity contribution in [2.24, 2.45) is 11.8 Å². The van der Waals surface area contributed by atoms with Gasteiger partial charge in [-0.05, 0) is 31.2 Å². The van der Waals surface area contributed by atoms with Crippen LogP contribution in [0.3, 0.4) is 0 Å². The van der Waals surface area contributed by atoms with Crippen LogP contribution in [0.4, 0.5) is 18.0 Å². The predicted octanol–water partition coefficient (Wildman–Crippen LogP) is 1.94. The van der Waals surface area contributed by atoms with Crippen LogP contribution in [0.15, 0.2) is 0 Å². The normalized spacial score (nSPS) is 29.8. The largest absolute Gasteiger partial charge is 0.401 e. The lowest BCUT2D eigenvalue weighted by atomic mass is 9.96. The Morgan fingerprint density at radius 3 is 2.65 bits per heavy atom. The van der Waals surface area contributed by atoms with Gasteiger partial charge in [0, 0.05) is 33.3 Å². The van der Waals surface area contributed by atoms with Crippen molar-refractivity contribution in [3.8, 4) is 0 Å². The van der Waals surface area contributed by atoms with E-state index in [1.807, 2.05) is 0 Å². The van der Waals surface area contributed by atoms with Crippen molar-refractivity contribution < 1.29 is 22.7 Å². The molecule has 2 fully saturated rings. The summed E-state index contributed by atoms with van der Waals surface area (Å²) in [6.07, 6.45) is -2.52. The third kappa shape index (κ3) is 5.53. The molecular formula is C15H26F3N3O2. The molecule has 2 heterocycles. The minimum atomic E-state index is -4.15. The van der Waals surface area contributed by atoms with E-state index in [0.29, 0.717) is 45.1 Å². The van der Waals surface area contributed by atoms with E-state index >= 15 is 0 Å². The van der Waals surface area contributed by atoms with Gasteiger partial charge in [0.25, 0.3) is 0 Å². The fourth-order valence-electron chi connectivity index (χ4n) is 3.35. The van der Waals surface area contributed by atoms with Crippen molar-refractivity contribution in [2.75, 3.05) is 46.4 Å². The van der Waals surface area contributed by atoms with Crippen molar-refractivity contribution in [3.63, 3.8) is 0 Å². The van der Waals surface area contributed by atoms with E-state index in [1.165, 1.54) is 4.90 Å². The zero-order valence-corrected chi connectivity index (χ0v) is 13.7. The molecule has 0 aromatic heterocycles. The second-order valence-corrected chi connectivity index (χ2v) is 6.68. The van der Waals surface area contributed by atoms with Crippen molar-refractivity contribution in [2.45, 2.75) is 32.0 Å². The Bertz CT molecular complexity index is 406. The second-order valence-electron chi connectivity index (χ2n) is 6.68. The van der Waals surface area contributed by atoms with Crippen LogP contribution in [-0.4, -0.2) is 74.5 Å². The Morgan fingerprint density at radius 1 is 1.26 bits per heavy atom. The topological polar surface area (TPSA) is 44.8 Å². The van der Waals surface area contributed by atoms with Gasteiger partial charge in [0.05, 0.1) is 12.6 Å². The maximum Gasteiger partial charge on any atom is 0.401 e. The van der Waals surface area contributed by atoms with Gasteiger partial charge in [-0.15, -0.1) is 0 Å². The number of amides is 2. The van der Waals surface area contributed by atoms with Crippen LogP contribution in [0.25, 0.3) is 0 Å². The molecule has 23 heavy (non-hydrogen) atoms. The number of piperidine rings is 1. The number of halogens is 3. The third-order valence-electron chi connectivity index (χ3n) is 4.79. The number of hydrogen-bond donors (Lipinski definition) is 1. The maximum absolute atomic E-state index is 12.4. The molecule has 0 spiro atoms. The minimum Gasteiger partial charge on any atom is -0.379 e. The first-order valence-corrected chi connectivity index (χ1v) is 8.13. The molecule has 0 saturated carbocycles. The predicted molar refractivity (Wildman–Crippen MR) is 80.2 cm³/mol. The van der Waals surface area contributed by atoms with E-state index in [0.717, 1.165) is 6.42 Å². The number of methoxy groups -OCH3 is 1. The molecule has 0 aromatic rings. The number of ether oxygens (including phenoxy) is 1. The van der Waals surface area contributed by atoms with Gasteiger partial charge in [0.15, 0.2) is 0 Å². The first-order chi connectivity index (χ1) is 10.8. The van der Waals surface area contributed by atoms with Crippen molar-refractivity contribution >= 4 is 6.03 Å². The first kappa shape index (κ1) is 18.3. The first-order valence-electron chi connectivity index (χ1n) is 8.13. The van der Waals surface area contributed by atoms with Gasteiger partial charge in [-0.25, -0.2) is 4.79 Å². The molecule has 2 rings (SSSR count). The molecule has 2 aliphatic rings. The van der Waals surface area contributed by atoms with Crippen LogP contribution < -0.4 is 5.32 Å². The molecule has 8 heteroatoms. The Morgan fingerprint density at radius 2 is 2.00 bits per heavy atom. The highest BCUT2D eigenvalue weighted by Crippen LogP contribution is 2.23. The number of carbonyl (C=O) groups excluding carboxylic acids is 1. The zero-order chi connectivity index (χ0) is 17.0. The van der Waals surface area contributed by atoms with E-state index in [1.54, 1.807) is 12.0 Å². The maximum atomic E-state index is 12.4. The molecule has 0 radical (unpaired) electrons. The molecular weight excluding hydrogens is 311 g/mol. The minimum absolute atomic E-state index is 0.0447. The summed E-state index contributed by atoms with van der Waals surface area (Å²) in [7, 11) is 1.65. The molecule has 2 aliphatic heterocycles. The number of rotatable bonds is 4. The number of nitrogens with one attached hydrogen (secondary N) is 1. The Balaban J connectivity index is 1.71. The Labute approximate surface area is 135 Å². The van der Waals surface area contributed by atoms with Gasteiger partial charge in [-0.1, -0.05) is 6.92 Å². The number of hydrogen-bond acceptors (Lipinski definition) is 3. The zero-order valence-electron chi connectivity index (χ0n) is 13.7. The molecule has 3 atom stereocenters. The summed E-state index contributed by atoms with van der Waals surface area (Å²) in [5, 5.41) is 2.86. The third-order valence-corrected chi connectivity index (χ3v) is 4.79. The highest BCUT2D eigenvalue weighted by molar-refractivity contribution is 5.74. The smallest absolute Gasteiger partial charge is 0.379 e. The monoisotopic (exact) mass is 337 g/mol. The Kier molecular flexibility index (Phi) is 6.13. The molecule has 2 saturated heterocycles. The lowest BCUT2D eigenvalue weighted by Crippen LogP contribution is -2.51. The van der Waals surface area contributed by atoms with Gasteiger partial charge < -0.3 is 15.0 Å². The van der Waals surface area contributed by atoms with Crippen LogP contribution >= 0.6 is 0 Å². The second kappa shape index (κ2) is 7.70. The van der Waals surface area contributed by atoms with Crippen LogP contribution in [0.5, 0.6) is 0 Å². The number of nitrogens with zero attached hydrogens (tertiary/aromatic N) is 2. The highest BCUT2D eigenvalue weighted by atomic mass is 19.4. The molecule has 1 N–H and O–H groups in total. The summed E-state index contributed by atoms with van der Waals surface area (Å²) in [5.74, 6) is 0.512. The molecule has 2 amide bonds. The fourth-order valence-corrected chi connectivity index (χ4v) is 3.35. The van der Waals surface area contributed by atoms with E-state index in [2.05, 4.69) is 12.2 Å². The van der Waals surface area contributed by atoms with Crippen molar-refractivity contribution in [1.82, 2.24) is 15.1 Å². The van der Waals surface area contributed by atoms with Gasteiger partial charge in [-0.3, -0.25) is 4.90 Å². The molecule has 0 bridgehead atoms. The van der Waals surface area contributed by atoms with Crippen molar-refractivity contribution in [3.05, 3.63) is 0 Å². The van der Waals surface area contributed by atoms with E-state index in [-0.39, 0.29) is 18.1 Å². The summed E-state index contributed by atoms with van der Waals surface area (Å²) in [4.78, 5) is 15.3. The van der Waals surface area contributed by atoms with Gasteiger partial charge in [0.2, 0.25) is 0 Å². The van der Waals surface area contributed by atoms with Gasteiger partial charge >= 0.3 is 12.2 Å². The summed E-state index contributed by atoms with van der Waals surface area (Å²) in [5.41, 5.74) is 0. The lowest BCUT2D eigenvalue weighted by molar-refractivity contribution is -0.143. The van der Waals surface area contributed by atoms with Crippen molar-refractivity contribution in [1.29, 1.82) is 0 Å². The van der Waals surface area contributed by atoms with Crippen LogP contribution in [0.2, 0.25) is 0 Å². The average molecular weight is 337 g/mol. The highest BCUT2D eigenvalue weighted by Gasteiger charge is 2.34. The summed E-state index contributed by atoms with van der Waals surface area (Å²) >= 11 is 0. The Hall–Kier alpha value is -1.02. The summed E-state index contributed by atoms with van der Waals surface area (Å²) in [6, 6.07) is -0.145. The standard InChI is InChI=1S/C15H26F3N3O2/c1-11-3-6-21(9-13(11)23-2)14(22)19-7-12-4-5-20(8-12)10-15(16,17)18/h11-13H,3-10H2,1-2H3,(H,19,22)/t11-,12-,13+/m0/s1. The number of carbonyl (C=O) groups is 1. The van der Waals surface area contributed by atoms with E-state index in [4.69, 9.17) is 4.74 Å². The number of urea groups is 1. The molecule has 134 valence electrons. The molecule has 0 unspecified atom stereocenters. The summed E-state index contributed by atoms with van der Waals surface area (Å²) in [6.45, 7) is 3.75. The average Bonchev–Trinajstić information content (AvgIpc) is 2.90. The number of alkyl halides is 3. The van der Waals surface area contributed by atoms with Gasteiger partial charge in [0.1, 0.15) is 0 Å². The molecule has 0 aromatic carbocycles. The summed E-state index contributed by atoms with van der Waals surface area (Å²) < 4.78 is 42.5. The van der Waals surface area contributed by atoms with Crippen LogP contribution in [-0.2, 0) is 4.74 Å². The van der Waals surface area contributed by atoms with Gasteiger partial charge in [-0.2, -0.15) is 13.2 Å². The molecule has 0 aliphatic carbocycles. The lowest BCUT2D eigenvalue weighted by Gasteiger charge is -2.36. The van der Waals surface area contributed by atoms with E-state index in [9.17, 15) is 18.0 Å². The fraction of sp³-hybridized carbons (Fsp3) is 0.933. The van der Waals surface area contributed by atoms with Crippen LogP contribution in [0, 0.1) is 11.8 Å². The molecule has 5 nitrogen and oxygen atoms in total. The van der Waals surface area contributed by atoms with E-state index < -0.39 is 12.7 Å². The van der Waals surface area contributed by atoms with Crippen LogP contribution in [0.1, 0.15) is 19.8 Å². The quantitative estimate of drug-likeness (QED) is 0.853. The number of likely N-dealkylation sites (tertiary alicyclic amines) is 2.